The Morgan fingerprint density at radius 2 is 2.03 bits per heavy atom. The number of carboxylic acid groups (broad SMARTS) is 1. The maximum Gasteiger partial charge on any atom is 0.328 e. The van der Waals surface area contributed by atoms with Gasteiger partial charge < -0.3 is 45.0 Å². The number of dihydropyridines is 1. The maximum absolute atomic E-state index is 11.1. The molecule has 3 aliphatic rings. The van der Waals surface area contributed by atoms with E-state index in [0.29, 0.717) is 19.4 Å². The molecule has 3 heterocycles. The molecule has 6 atom stereocenters. The summed E-state index contributed by atoms with van der Waals surface area (Å²) in [5, 5.41) is 58.9. The lowest BCUT2D eigenvalue weighted by Crippen LogP contribution is -2.60. The van der Waals surface area contributed by atoms with E-state index < -0.39 is 49.3 Å². The summed E-state index contributed by atoms with van der Waals surface area (Å²) in [5.41, 5.74) is 2.42. The Balaban J connectivity index is 1.47. The van der Waals surface area contributed by atoms with Crippen LogP contribution in [0.5, 0.6) is 11.5 Å². The molecule has 0 saturated carbocycles. The third-order valence-electron chi connectivity index (χ3n) is 5.92. The molecule has 1 fully saturated rings. The van der Waals surface area contributed by atoms with Crippen LogP contribution in [-0.4, -0.2) is 92.7 Å². The number of hydrogen-bond acceptors (Lipinski definition) is 10. The number of aliphatic imine (C=N–C) groups is 1. The highest BCUT2D eigenvalue weighted by Gasteiger charge is 2.45. The molecule has 33 heavy (non-hydrogen) atoms. The molecule has 3 aliphatic heterocycles. The number of carbonyl (C=O) groups is 1. The van der Waals surface area contributed by atoms with E-state index in [4.69, 9.17) is 14.6 Å². The van der Waals surface area contributed by atoms with Gasteiger partial charge in [-0.2, -0.15) is 0 Å². The van der Waals surface area contributed by atoms with Crippen LogP contribution in [0.4, 0.5) is 5.69 Å². The van der Waals surface area contributed by atoms with Crippen molar-refractivity contribution in [1.82, 2.24) is 0 Å². The van der Waals surface area contributed by atoms with Crippen molar-refractivity contribution in [3.63, 3.8) is 0 Å². The van der Waals surface area contributed by atoms with E-state index in [2.05, 4.69) is 4.99 Å². The number of fused-ring (bicyclic) bond motifs is 1. The second-order valence-corrected chi connectivity index (χ2v) is 8.12. The summed E-state index contributed by atoms with van der Waals surface area (Å²) >= 11 is 0. The van der Waals surface area contributed by atoms with Crippen molar-refractivity contribution in [2.45, 2.75) is 49.6 Å². The zero-order valence-corrected chi connectivity index (χ0v) is 17.6. The first-order valence-electron chi connectivity index (χ1n) is 10.5. The Labute approximate surface area is 189 Å². The number of aliphatic carboxylic acids is 1. The van der Waals surface area contributed by atoms with Gasteiger partial charge in [-0.3, -0.25) is 4.99 Å². The minimum absolute atomic E-state index is 0.0272. The molecule has 0 bridgehead atoms. The highest BCUT2D eigenvalue weighted by molar-refractivity contribution is 5.82. The van der Waals surface area contributed by atoms with Gasteiger partial charge in [0.2, 0.25) is 6.29 Å². The van der Waals surface area contributed by atoms with Gasteiger partial charge in [0.25, 0.3) is 0 Å². The summed E-state index contributed by atoms with van der Waals surface area (Å²) in [6.07, 6.45) is 0.595. The molecule has 0 aliphatic carbocycles. The number of hydrogen-bond donors (Lipinski definition) is 6. The highest BCUT2D eigenvalue weighted by Crippen LogP contribution is 2.39. The van der Waals surface area contributed by atoms with Crippen molar-refractivity contribution in [3.8, 4) is 11.5 Å². The molecule has 0 spiro atoms. The van der Waals surface area contributed by atoms with E-state index in [0.717, 1.165) is 16.8 Å². The molecular formula is C22H26N2O9. The number of aliphatic hydroxyl groups excluding tert-OH is 4. The SMILES string of the molecule is O=C(O)[C@@H]1CC(/C=C/N2CCc3cc(O[C@@H]4O[C@H](CO)[C@@H](O)[C@H](O)[C@H]4O)c(O)cc32)=CC=N1. The smallest absolute Gasteiger partial charge is 0.328 e. The zero-order valence-electron chi connectivity index (χ0n) is 17.6. The normalized spacial score (nSPS) is 31.5. The molecule has 178 valence electrons. The third-order valence-corrected chi connectivity index (χ3v) is 5.92. The monoisotopic (exact) mass is 462 g/mol. The van der Waals surface area contributed by atoms with Crippen LogP contribution in [0.1, 0.15) is 12.0 Å². The topological polar surface area (TPSA) is 173 Å². The average molecular weight is 462 g/mol. The van der Waals surface area contributed by atoms with E-state index in [1.165, 1.54) is 12.3 Å². The zero-order chi connectivity index (χ0) is 23.7. The van der Waals surface area contributed by atoms with Gasteiger partial charge in [0.05, 0.1) is 6.61 Å². The first kappa shape index (κ1) is 23.2. The summed E-state index contributed by atoms with van der Waals surface area (Å²) in [4.78, 5) is 17.0. The first-order valence-corrected chi connectivity index (χ1v) is 10.5. The maximum atomic E-state index is 11.1. The second kappa shape index (κ2) is 9.49. The summed E-state index contributed by atoms with van der Waals surface area (Å²) in [6.45, 7) is 0.0380. The van der Waals surface area contributed by atoms with Gasteiger partial charge in [-0.25, -0.2) is 4.79 Å². The Morgan fingerprint density at radius 3 is 2.76 bits per heavy atom. The Hall–Kier alpha value is -2.96. The van der Waals surface area contributed by atoms with Crippen molar-refractivity contribution >= 4 is 17.9 Å². The first-order chi connectivity index (χ1) is 15.8. The fraction of sp³-hybridized carbons (Fsp3) is 0.455. The quantitative estimate of drug-likeness (QED) is 0.317. The Kier molecular flexibility index (Phi) is 6.68. The van der Waals surface area contributed by atoms with Crippen molar-refractivity contribution in [1.29, 1.82) is 0 Å². The van der Waals surface area contributed by atoms with Gasteiger partial charge in [0, 0.05) is 37.1 Å². The van der Waals surface area contributed by atoms with Crippen molar-refractivity contribution in [3.05, 3.63) is 41.6 Å². The Morgan fingerprint density at radius 1 is 1.24 bits per heavy atom. The van der Waals surface area contributed by atoms with Crippen LogP contribution in [0.3, 0.4) is 0 Å². The van der Waals surface area contributed by atoms with E-state index in [1.807, 2.05) is 17.2 Å². The number of aromatic hydroxyl groups is 1. The molecular weight excluding hydrogens is 436 g/mol. The summed E-state index contributed by atoms with van der Waals surface area (Å²) in [7, 11) is 0. The van der Waals surface area contributed by atoms with Crippen LogP contribution in [-0.2, 0) is 16.0 Å². The lowest BCUT2D eigenvalue weighted by Gasteiger charge is -2.39. The van der Waals surface area contributed by atoms with Crippen LogP contribution in [0.15, 0.2) is 41.1 Å². The van der Waals surface area contributed by atoms with Gasteiger partial charge in [0.1, 0.15) is 24.4 Å². The van der Waals surface area contributed by atoms with E-state index in [9.17, 15) is 30.3 Å². The largest absolute Gasteiger partial charge is 0.504 e. The standard InChI is InChI=1S/C22H26N2O9/c25-10-17-18(27)19(28)20(29)22(33-17)32-16-8-12-3-6-24(14(12)9-15(16)26)5-2-11-1-4-23-13(7-11)21(30)31/h1-2,4-5,8-9,13,17-20,22,25-29H,3,6-7,10H2,(H,30,31)/b5-2+/t13-,17+,18+,19-,20+,22+/m0/s1. The summed E-state index contributed by atoms with van der Waals surface area (Å²) in [5.74, 6) is -1.17. The van der Waals surface area contributed by atoms with Crippen molar-refractivity contribution < 1.29 is 44.9 Å². The minimum Gasteiger partial charge on any atom is -0.504 e. The predicted octanol–water partition coefficient (Wildman–Crippen LogP) is -0.699. The molecule has 6 N–H and O–H groups in total. The number of carboxylic acids is 1. The number of phenols is 1. The average Bonchev–Trinajstić information content (AvgIpc) is 3.19. The van der Waals surface area contributed by atoms with Gasteiger partial charge in [-0.05, 0) is 35.8 Å². The molecule has 1 saturated heterocycles. The van der Waals surface area contributed by atoms with Crippen LogP contribution in [0.25, 0.3) is 0 Å². The number of anilines is 1. The van der Waals surface area contributed by atoms with Crippen LogP contribution >= 0.6 is 0 Å². The van der Waals surface area contributed by atoms with Crippen molar-refractivity contribution in [2.75, 3.05) is 18.1 Å². The number of aliphatic hydroxyl groups is 4. The number of rotatable bonds is 6. The highest BCUT2D eigenvalue weighted by atomic mass is 16.7. The fourth-order valence-corrected chi connectivity index (χ4v) is 4.01. The molecule has 0 unspecified atom stereocenters. The van der Waals surface area contributed by atoms with E-state index >= 15 is 0 Å². The van der Waals surface area contributed by atoms with Crippen LogP contribution in [0, 0.1) is 0 Å². The third kappa shape index (κ3) is 4.72. The number of nitrogens with zero attached hydrogens (tertiary/aromatic N) is 2. The predicted molar refractivity (Wildman–Crippen MR) is 115 cm³/mol. The van der Waals surface area contributed by atoms with E-state index in [1.54, 1.807) is 12.1 Å². The molecule has 1 aromatic carbocycles. The van der Waals surface area contributed by atoms with Crippen molar-refractivity contribution in [2.24, 2.45) is 4.99 Å². The van der Waals surface area contributed by atoms with Gasteiger partial charge in [0.15, 0.2) is 17.5 Å². The molecule has 4 rings (SSSR count). The summed E-state index contributed by atoms with van der Waals surface area (Å²) in [6, 6.07) is 2.31. The van der Waals surface area contributed by atoms with Crippen LogP contribution < -0.4 is 9.64 Å². The Bertz CT molecular complexity index is 990. The number of allylic oxidation sites excluding steroid dienone is 2. The van der Waals surface area contributed by atoms with Crippen LogP contribution in [0.2, 0.25) is 0 Å². The number of ether oxygens (including phenoxy) is 2. The summed E-state index contributed by atoms with van der Waals surface area (Å²) < 4.78 is 10.9. The van der Waals surface area contributed by atoms with Gasteiger partial charge >= 0.3 is 5.97 Å². The molecule has 11 heteroatoms. The molecule has 0 aromatic heterocycles. The molecule has 0 radical (unpaired) electrons. The van der Waals surface area contributed by atoms with Gasteiger partial charge in [-0.1, -0.05) is 0 Å². The number of benzene rings is 1. The minimum atomic E-state index is -1.59. The fourth-order valence-electron chi connectivity index (χ4n) is 4.01. The van der Waals surface area contributed by atoms with E-state index in [-0.39, 0.29) is 11.5 Å². The molecule has 1 aromatic rings. The number of phenolic OH excluding ortho intramolecular Hbond substituents is 1. The second-order valence-electron chi connectivity index (χ2n) is 8.12. The molecule has 11 nitrogen and oxygen atoms in total. The lowest BCUT2D eigenvalue weighted by molar-refractivity contribution is -0.277. The lowest BCUT2D eigenvalue weighted by atomic mass is 9.99. The van der Waals surface area contributed by atoms with Gasteiger partial charge in [-0.15, -0.1) is 0 Å². The molecule has 0 amide bonds.